The van der Waals surface area contributed by atoms with Gasteiger partial charge in [-0.2, -0.15) is 0 Å². The highest BCUT2D eigenvalue weighted by Gasteiger charge is 2.19. The fourth-order valence-electron chi connectivity index (χ4n) is 3.48. The maximum atomic E-state index is 12.8. The molecule has 0 saturated carbocycles. The second-order valence-electron chi connectivity index (χ2n) is 7.83. The first-order valence-corrected chi connectivity index (χ1v) is 11.9. The van der Waals surface area contributed by atoms with Crippen molar-refractivity contribution < 1.29 is 14.3 Å². The van der Waals surface area contributed by atoms with Crippen LogP contribution in [0.5, 0.6) is 5.75 Å². The van der Waals surface area contributed by atoms with Crippen LogP contribution in [0.2, 0.25) is 0 Å². The molecule has 178 valence electrons. The lowest BCUT2D eigenvalue weighted by Crippen LogP contribution is -2.23. The van der Waals surface area contributed by atoms with Crippen LogP contribution in [0.4, 0.5) is 11.4 Å². The van der Waals surface area contributed by atoms with Crippen LogP contribution in [0.25, 0.3) is 11.3 Å². The molecule has 0 aliphatic carbocycles. The number of methoxy groups -OCH3 is 1. The molecule has 0 bridgehead atoms. The summed E-state index contributed by atoms with van der Waals surface area (Å²) >= 11 is 1.39. The first-order chi connectivity index (χ1) is 17.0. The molecule has 3 aromatic carbocycles. The molecular formula is C27H26N4O3S. The van der Waals surface area contributed by atoms with Gasteiger partial charge in [0.1, 0.15) is 5.75 Å². The molecule has 0 saturated heterocycles. The minimum atomic E-state index is -0.367. The van der Waals surface area contributed by atoms with Gasteiger partial charge in [0.05, 0.1) is 29.9 Å². The maximum Gasteiger partial charge on any atom is 0.255 e. The molecule has 8 heteroatoms. The topological polar surface area (TPSA) is 85.2 Å². The van der Waals surface area contributed by atoms with Gasteiger partial charge in [-0.1, -0.05) is 54.2 Å². The molecule has 2 amide bonds. The molecule has 0 aliphatic rings. The molecule has 2 N–H and O–H groups in total. The second-order valence-corrected chi connectivity index (χ2v) is 9.14. The van der Waals surface area contributed by atoms with Crippen molar-refractivity contribution in [3.63, 3.8) is 0 Å². The van der Waals surface area contributed by atoms with Gasteiger partial charge in [-0.15, -0.1) is 0 Å². The average Bonchev–Trinajstić information content (AvgIpc) is 3.25. The average molecular weight is 487 g/mol. The number of rotatable bonds is 8. The fourth-order valence-corrected chi connectivity index (χ4v) is 4.33. The zero-order valence-corrected chi connectivity index (χ0v) is 20.5. The van der Waals surface area contributed by atoms with Gasteiger partial charge in [-0.05, 0) is 48.9 Å². The molecule has 4 rings (SSSR count). The van der Waals surface area contributed by atoms with Crippen LogP contribution >= 0.6 is 11.8 Å². The van der Waals surface area contributed by atoms with Crippen molar-refractivity contribution >= 4 is 35.0 Å². The highest BCUT2D eigenvalue weighted by atomic mass is 32.2. The molecule has 4 aromatic rings. The number of ether oxygens (including phenoxy) is 1. The normalized spacial score (nSPS) is 11.5. The van der Waals surface area contributed by atoms with Crippen molar-refractivity contribution in [1.82, 2.24) is 9.55 Å². The number of anilines is 2. The predicted octanol–water partition coefficient (Wildman–Crippen LogP) is 5.47. The third-order valence-corrected chi connectivity index (χ3v) is 6.59. The number of nitrogens with one attached hydrogen (secondary N) is 2. The zero-order valence-electron chi connectivity index (χ0n) is 19.7. The van der Waals surface area contributed by atoms with Crippen molar-refractivity contribution in [2.75, 3.05) is 17.7 Å². The number of aromatic nitrogens is 2. The number of carbonyl (C=O) groups is 2. The van der Waals surface area contributed by atoms with E-state index >= 15 is 0 Å². The van der Waals surface area contributed by atoms with E-state index in [1.54, 1.807) is 43.5 Å². The molecule has 0 fully saturated rings. The summed E-state index contributed by atoms with van der Waals surface area (Å²) in [6, 6.07) is 24.0. The number of nitrogens with zero attached hydrogens (tertiary/aromatic N) is 2. The zero-order chi connectivity index (χ0) is 24.8. The minimum Gasteiger partial charge on any atom is -0.495 e. The SMILES string of the molecule is COc1ccccc1NC(=O)c1ccc(NC(=O)C(C)Sc2ncc(-c3ccccc3)n2C)cc1. The number of imidazole rings is 1. The van der Waals surface area contributed by atoms with E-state index in [-0.39, 0.29) is 17.1 Å². The molecule has 0 aliphatic heterocycles. The molecular weight excluding hydrogens is 460 g/mol. The monoisotopic (exact) mass is 486 g/mol. The van der Waals surface area contributed by atoms with Crippen molar-refractivity contribution in [3.8, 4) is 17.0 Å². The third-order valence-electron chi connectivity index (χ3n) is 5.44. The van der Waals surface area contributed by atoms with E-state index in [9.17, 15) is 9.59 Å². The van der Waals surface area contributed by atoms with Gasteiger partial charge in [0.25, 0.3) is 5.91 Å². The maximum absolute atomic E-state index is 12.8. The lowest BCUT2D eigenvalue weighted by atomic mass is 10.2. The number of hydrogen-bond donors (Lipinski definition) is 2. The van der Waals surface area contributed by atoms with Crippen molar-refractivity contribution in [2.24, 2.45) is 7.05 Å². The number of benzene rings is 3. The Balaban J connectivity index is 1.36. The minimum absolute atomic E-state index is 0.148. The van der Waals surface area contributed by atoms with Crippen molar-refractivity contribution in [2.45, 2.75) is 17.3 Å². The summed E-state index contributed by atoms with van der Waals surface area (Å²) in [4.78, 5) is 29.9. The summed E-state index contributed by atoms with van der Waals surface area (Å²) in [6.07, 6.45) is 1.82. The fraction of sp³-hybridized carbons (Fsp3) is 0.148. The molecule has 1 aromatic heterocycles. The van der Waals surface area contributed by atoms with Crippen LogP contribution in [-0.4, -0.2) is 33.7 Å². The first-order valence-electron chi connectivity index (χ1n) is 11.1. The smallest absolute Gasteiger partial charge is 0.255 e. The van der Waals surface area contributed by atoms with Gasteiger partial charge in [0.2, 0.25) is 5.91 Å². The Morgan fingerprint density at radius 2 is 1.63 bits per heavy atom. The van der Waals surface area contributed by atoms with Crippen LogP contribution in [-0.2, 0) is 11.8 Å². The van der Waals surface area contributed by atoms with Crippen LogP contribution in [0.15, 0.2) is 90.2 Å². The van der Waals surface area contributed by atoms with Gasteiger partial charge in [-0.25, -0.2) is 4.98 Å². The summed E-state index contributed by atoms with van der Waals surface area (Å²) in [5, 5.41) is 6.14. The van der Waals surface area contributed by atoms with Gasteiger partial charge >= 0.3 is 0 Å². The number of hydrogen-bond acceptors (Lipinski definition) is 5. The van der Waals surface area contributed by atoms with Gasteiger partial charge in [-0.3, -0.25) is 9.59 Å². The van der Waals surface area contributed by atoms with Crippen LogP contribution in [0, 0.1) is 0 Å². The van der Waals surface area contributed by atoms with Gasteiger partial charge in [0.15, 0.2) is 5.16 Å². The number of amides is 2. The number of para-hydroxylation sites is 2. The summed E-state index contributed by atoms with van der Waals surface area (Å²) in [7, 11) is 3.49. The third kappa shape index (κ3) is 5.73. The quantitative estimate of drug-likeness (QED) is 0.323. The van der Waals surface area contributed by atoms with Crippen LogP contribution < -0.4 is 15.4 Å². The van der Waals surface area contributed by atoms with Gasteiger partial charge in [0, 0.05) is 18.3 Å². The molecule has 7 nitrogen and oxygen atoms in total. The second kappa shape index (κ2) is 10.9. The molecule has 1 unspecified atom stereocenters. The van der Waals surface area contributed by atoms with E-state index in [1.807, 2.05) is 67.2 Å². The van der Waals surface area contributed by atoms with E-state index in [0.29, 0.717) is 22.7 Å². The molecule has 1 heterocycles. The Morgan fingerprint density at radius 1 is 0.943 bits per heavy atom. The standard InChI is InChI=1S/C27H26N4O3S/c1-18(35-27-28-17-23(31(27)2)19-9-5-4-6-10-19)25(32)29-21-15-13-20(14-16-21)26(33)30-22-11-7-8-12-24(22)34-3/h4-18H,1-3H3,(H,29,32)(H,30,33). The summed E-state index contributed by atoms with van der Waals surface area (Å²) in [6.45, 7) is 1.84. The first kappa shape index (κ1) is 24.1. The van der Waals surface area contributed by atoms with E-state index in [2.05, 4.69) is 15.6 Å². The largest absolute Gasteiger partial charge is 0.495 e. The highest BCUT2D eigenvalue weighted by molar-refractivity contribution is 8.00. The Morgan fingerprint density at radius 3 is 2.34 bits per heavy atom. The Labute approximate surface area is 208 Å². The predicted molar refractivity (Wildman–Crippen MR) is 140 cm³/mol. The van der Waals surface area contributed by atoms with E-state index in [1.165, 1.54) is 11.8 Å². The lowest BCUT2D eigenvalue weighted by molar-refractivity contribution is -0.115. The highest BCUT2D eigenvalue weighted by Crippen LogP contribution is 2.28. The molecule has 35 heavy (non-hydrogen) atoms. The molecule has 0 radical (unpaired) electrons. The van der Waals surface area contributed by atoms with E-state index in [0.717, 1.165) is 16.4 Å². The summed E-state index contributed by atoms with van der Waals surface area (Å²) < 4.78 is 7.26. The van der Waals surface area contributed by atoms with Crippen molar-refractivity contribution in [3.05, 3.63) is 90.6 Å². The Kier molecular flexibility index (Phi) is 7.52. The Bertz CT molecular complexity index is 1320. The Hall–Kier alpha value is -4.04. The van der Waals surface area contributed by atoms with Crippen molar-refractivity contribution in [1.29, 1.82) is 0 Å². The van der Waals surface area contributed by atoms with E-state index < -0.39 is 0 Å². The number of thioether (sulfide) groups is 1. The van der Waals surface area contributed by atoms with Crippen LogP contribution in [0.3, 0.4) is 0 Å². The molecule has 1 atom stereocenters. The molecule has 0 spiro atoms. The van der Waals surface area contributed by atoms with Gasteiger partial charge < -0.3 is 19.9 Å². The van der Waals surface area contributed by atoms with Crippen LogP contribution in [0.1, 0.15) is 17.3 Å². The van der Waals surface area contributed by atoms with E-state index in [4.69, 9.17) is 4.74 Å². The summed E-state index contributed by atoms with van der Waals surface area (Å²) in [5.74, 6) is 0.172. The lowest BCUT2D eigenvalue weighted by Gasteiger charge is -2.13. The summed E-state index contributed by atoms with van der Waals surface area (Å²) in [5.41, 5.74) is 3.73. The number of carbonyl (C=O) groups excluding carboxylic acids is 2.